The molecule has 0 bridgehead atoms. The van der Waals surface area contributed by atoms with E-state index in [9.17, 15) is 9.90 Å². The summed E-state index contributed by atoms with van der Waals surface area (Å²) in [6.07, 6.45) is 4.09. The summed E-state index contributed by atoms with van der Waals surface area (Å²) in [5.41, 5.74) is 2.82. The maximum atomic E-state index is 11.3. The van der Waals surface area contributed by atoms with E-state index < -0.39 is 12.0 Å². The summed E-state index contributed by atoms with van der Waals surface area (Å²) in [7, 11) is 0. The highest BCUT2D eigenvalue weighted by Gasteiger charge is 2.32. The van der Waals surface area contributed by atoms with Crippen molar-refractivity contribution in [3.63, 3.8) is 0 Å². The molecule has 2 heterocycles. The molecule has 3 rings (SSSR count). The van der Waals surface area contributed by atoms with E-state index in [4.69, 9.17) is 0 Å². The van der Waals surface area contributed by atoms with Gasteiger partial charge in [0.15, 0.2) is 0 Å². The number of imidazole rings is 1. The number of carbonyl (C=O) groups is 1. The molecule has 2 aromatic rings. The number of hydrogen-bond acceptors (Lipinski definition) is 4. The molecule has 6 heteroatoms. The first-order chi connectivity index (χ1) is 9.69. The van der Waals surface area contributed by atoms with Crippen LogP contribution in [-0.4, -0.2) is 33.3 Å². The number of H-pyrrole nitrogens is 1. The highest BCUT2D eigenvalue weighted by atomic mass is 32.2. The largest absolute Gasteiger partial charge is 0.480 e. The summed E-state index contributed by atoms with van der Waals surface area (Å²) >= 11 is 1.68. The number of carboxylic acids is 1. The summed E-state index contributed by atoms with van der Waals surface area (Å²) < 4.78 is 0. The highest BCUT2D eigenvalue weighted by molar-refractivity contribution is 7.98. The Bertz CT molecular complexity index is 624. The van der Waals surface area contributed by atoms with Gasteiger partial charge in [0.05, 0.1) is 18.1 Å². The molecule has 0 saturated carbocycles. The van der Waals surface area contributed by atoms with Crippen LogP contribution in [0.1, 0.15) is 23.0 Å². The van der Waals surface area contributed by atoms with E-state index in [0.717, 1.165) is 17.0 Å². The summed E-state index contributed by atoms with van der Waals surface area (Å²) in [5.74, 6) is -0.837. The van der Waals surface area contributed by atoms with Gasteiger partial charge in [-0.25, -0.2) is 4.98 Å². The number of fused-ring (bicyclic) bond motifs is 1. The second-order valence-corrected chi connectivity index (χ2v) is 5.61. The van der Waals surface area contributed by atoms with Gasteiger partial charge in [-0.1, -0.05) is 12.1 Å². The Hall–Kier alpha value is -1.79. The zero-order valence-electron chi connectivity index (χ0n) is 11.0. The molecule has 0 spiro atoms. The van der Waals surface area contributed by atoms with Crippen LogP contribution in [-0.2, 0) is 11.2 Å². The van der Waals surface area contributed by atoms with Gasteiger partial charge in [-0.2, -0.15) is 0 Å². The van der Waals surface area contributed by atoms with Crippen LogP contribution in [0.15, 0.2) is 35.5 Å². The number of aromatic nitrogens is 2. The van der Waals surface area contributed by atoms with Crippen LogP contribution in [0.2, 0.25) is 0 Å². The number of rotatable bonds is 3. The van der Waals surface area contributed by atoms with Crippen molar-refractivity contribution in [2.45, 2.75) is 23.4 Å². The van der Waals surface area contributed by atoms with Gasteiger partial charge < -0.3 is 10.1 Å². The van der Waals surface area contributed by atoms with E-state index in [1.54, 1.807) is 18.1 Å². The predicted molar refractivity (Wildman–Crippen MR) is 76.9 cm³/mol. The molecule has 20 heavy (non-hydrogen) atoms. The Labute approximate surface area is 120 Å². The summed E-state index contributed by atoms with van der Waals surface area (Å²) in [5, 5.41) is 12.4. The van der Waals surface area contributed by atoms with Crippen molar-refractivity contribution in [2.24, 2.45) is 0 Å². The van der Waals surface area contributed by atoms with Gasteiger partial charge in [-0.3, -0.25) is 10.1 Å². The Morgan fingerprint density at radius 3 is 2.80 bits per heavy atom. The SMILES string of the molecule is CSc1ccc(C2NC(C(=O)O)Cc3[nH]cnc32)cc1. The summed E-state index contributed by atoms with van der Waals surface area (Å²) in [6, 6.07) is 7.35. The van der Waals surface area contributed by atoms with Crippen molar-refractivity contribution < 1.29 is 9.90 Å². The van der Waals surface area contributed by atoms with Crippen molar-refractivity contribution in [2.75, 3.05) is 6.26 Å². The smallest absolute Gasteiger partial charge is 0.321 e. The van der Waals surface area contributed by atoms with Gasteiger partial charge in [-0.05, 0) is 24.0 Å². The number of aliphatic carboxylic acids is 1. The van der Waals surface area contributed by atoms with Crippen molar-refractivity contribution in [3.05, 3.63) is 47.5 Å². The fourth-order valence-electron chi connectivity index (χ4n) is 2.50. The number of nitrogens with one attached hydrogen (secondary N) is 2. The third kappa shape index (κ3) is 2.32. The molecule has 2 atom stereocenters. The minimum atomic E-state index is -0.837. The van der Waals surface area contributed by atoms with Crippen LogP contribution >= 0.6 is 11.8 Å². The molecule has 1 aromatic heterocycles. The number of thioether (sulfide) groups is 1. The van der Waals surface area contributed by atoms with Gasteiger partial charge in [0, 0.05) is 17.0 Å². The predicted octanol–water partition coefficient (Wildman–Crippen LogP) is 1.82. The van der Waals surface area contributed by atoms with E-state index in [2.05, 4.69) is 15.3 Å². The van der Waals surface area contributed by atoms with Crippen molar-refractivity contribution in [1.29, 1.82) is 0 Å². The molecule has 3 N–H and O–H groups in total. The molecule has 0 amide bonds. The molecule has 1 aliphatic rings. The first kappa shape index (κ1) is 13.2. The maximum Gasteiger partial charge on any atom is 0.321 e. The minimum Gasteiger partial charge on any atom is -0.480 e. The quantitative estimate of drug-likeness (QED) is 0.751. The molecule has 2 unspecified atom stereocenters. The van der Waals surface area contributed by atoms with Gasteiger partial charge >= 0.3 is 5.97 Å². The third-order valence-electron chi connectivity index (χ3n) is 3.55. The molecule has 104 valence electrons. The third-order valence-corrected chi connectivity index (χ3v) is 4.29. The van der Waals surface area contributed by atoms with Crippen LogP contribution < -0.4 is 5.32 Å². The first-order valence-electron chi connectivity index (χ1n) is 6.34. The number of benzene rings is 1. The fourth-order valence-corrected chi connectivity index (χ4v) is 2.90. The Morgan fingerprint density at radius 1 is 1.40 bits per heavy atom. The molecular formula is C14H15N3O2S. The van der Waals surface area contributed by atoms with Gasteiger partial charge in [-0.15, -0.1) is 11.8 Å². The summed E-state index contributed by atoms with van der Waals surface area (Å²) in [4.78, 5) is 19.8. The molecule has 5 nitrogen and oxygen atoms in total. The molecular weight excluding hydrogens is 274 g/mol. The fraction of sp³-hybridized carbons (Fsp3) is 0.286. The Kier molecular flexibility index (Phi) is 3.50. The number of nitrogens with zero attached hydrogens (tertiary/aromatic N) is 1. The van der Waals surface area contributed by atoms with Crippen LogP contribution in [0.5, 0.6) is 0 Å². The Morgan fingerprint density at radius 2 is 2.15 bits per heavy atom. The van der Waals surface area contributed by atoms with Crippen molar-refractivity contribution in [3.8, 4) is 0 Å². The van der Waals surface area contributed by atoms with Gasteiger partial charge in [0.1, 0.15) is 6.04 Å². The van der Waals surface area contributed by atoms with E-state index in [0.29, 0.717) is 6.42 Å². The van der Waals surface area contributed by atoms with Gasteiger partial charge in [0.25, 0.3) is 0 Å². The molecule has 0 fully saturated rings. The highest BCUT2D eigenvalue weighted by Crippen LogP contribution is 2.29. The first-order valence-corrected chi connectivity index (χ1v) is 7.56. The summed E-state index contributed by atoms with van der Waals surface area (Å²) in [6.45, 7) is 0. The number of hydrogen-bond donors (Lipinski definition) is 3. The van der Waals surface area contributed by atoms with Gasteiger partial charge in [0.2, 0.25) is 0 Å². The van der Waals surface area contributed by atoms with Crippen LogP contribution in [0.4, 0.5) is 0 Å². The Balaban J connectivity index is 1.97. The van der Waals surface area contributed by atoms with Crippen LogP contribution in [0, 0.1) is 0 Å². The average molecular weight is 289 g/mol. The van der Waals surface area contributed by atoms with Crippen LogP contribution in [0.3, 0.4) is 0 Å². The van der Waals surface area contributed by atoms with E-state index in [1.165, 1.54) is 4.90 Å². The monoisotopic (exact) mass is 289 g/mol. The zero-order chi connectivity index (χ0) is 14.1. The maximum absolute atomic E-state index is 11.3. The molecule has 1 aliphatic heterocycles. The van der Waals surface area contributed by atoms with E-state index in [1.807, 2.05) is 30.5 Å². The molecule has 0 aliphatic carbocycles. The van der Waals surface area contributed by atoms with Crippen molar-refractivity contribution in [1.82, 2.24) is 15.3 Å². The lowest BCUT2D eigenvalue weighted by molar-refractivity contribution is -0.139. The minimum absolute atomic E-state index is 0.179. The lowest BCUT2D eigenvalue weighted by Crippen LogP contribution is -2.45. The molecule has 0 saturated heterocycles. The zero-order valence-corrected chi connectivity index (χ0v) is 11.8. The average Bonchev–Trinajstić information content (AvgIpc) is 2.94. The molecule has 0 radical (unpaired) electrons. The second kappa shape index (κ2) is 5.30. The number of aromatic amines is 1. The van der Waals surface area contributed by atoms with Crippen molar-refractivity contribution >= 4 is 17.7 Å². The lowest BCUT2D eigenvalue weighted by atomic mass is 9.94. The number of carboxylic acid groups (broad SMARTS) is 1. The lowest BCUT2D eigenvalue weighted by Gasteiger charge is -2.28. The second-order valence-electron chi connectivity index (χ2n) is 4.73. The topological polar surface area (TPSA) is 78.0 Å². The van der Waals surface area contributed by atoms with E-state index >= 15 is 0 Å². The van der Waals surface area contributed by atoms with Crippen LogP contribution in [0.25, 0.3) is 0 Å². The normalized spacial score (nSPS) is 21.4. The van der Waals surface area contributed by atoms with E-state index in [-0.39, 0.29) is 6.04 Å². The molecule has 1 aromatic carbocycles. The standard InChI is InChI=1S/C14H15N3O2S/c1-20-9-4-2-8(3-5-9)12-13-10(15-7-16-13)6-11(17-12)14(18)19/h2-5,7,11-12,17H,6H2,1H3,(H,15,16)(H,18,19).